The molecule has 13 heavy (non-hydrogen) atoms. The first kappa shape index (κ1) is 10.5. The molecule has 0 aromatic carbocycles. The lowest BCUT2D eigenvalue weighted by molar-refractivity contribution is -0.142. The second-order valence-electron chi connectivity index (χ2n) is 3.63. The average Bonchev–Trinajstić information content (AvgIpc) is 2.29. The Morgan fingerprint density at radius 3 is 2.69 bits per heavy atom. The van der Waals surface area contributed by atoms with E-state index in [1.54, 1.807) is 0 Å². The molecule has 0 aromatic rings. The molecule has 0 bridgehead atoms. The summed E-state index contributed by atoms with van der Waals surface area (Å²) in [6, 6.07) is 0. The van der Waals surface area contributed by atoms with Crippen LogP contribution in [0.1, 0.15) is 6.92 Å². The third kappa shape index (κ3) is 2.71. The highest BCUT2D eigenvalue weighted by molar-refractivity contribution is 6.29. The summed E-state index contributed by atoms with van der Waals surface area (Å²) in [4.78, 5) is 12.8. The highest BCUT2D eigenvalue weighted by Gasteiger charge is 2.34. The Hall–Kier alpha value is -0.540. The zero-order valence-electron chi connectivity index (χ0n) is 7.66. The van der Waals surface area contributed by atoms with Gasteiger partial charge in [-0.25, -0.2) is 0 Å². The molecular formula is C9H14ClNO2. The minimum absolute atomic E-state index is 0.202. The van der Waals surface area contributed by atoms with Crippen LogP contribution >= 0.6 is 11.6 Å². The van der Waals surface area contributed by atoms with Crippen LogP contribution < -0.4 is 0 Å². The number of rotatable bonds is 3. The van der Waals surface area contributed by atoms with Gasteiger partial charge in [-0.2, -0.15) is 0 Å². The van der Waals surface area contributed by atoms with Crippen LogP contribution in [0.4, 0.5) is 0 Å². The molecule has 1 fully saturated rings. The summed E-state index contributed by atoms with van der Waals surface area (Å²) in [5, 5.41) is 9.42. The third-order valence-corrected chi connectivity index (χ3v) is 2.52. The fourth-order valence-corrected chi connectivity index (χ4v) is 1.93. The number of nitrogens with zero attached hydrogens (tertiary/aromatic N) is 1. The Morgan fingerprint density at radius 1 is 1.69 bits per heavy atom. The number of halogens is 1. The van der Waals surface area contributed by atoms with Gasteiger partial charge in [0, 0.05) is 24.7 Å². The first-order valence-electron chi connectivity index (χ1n) is 4.29. The second-order valence-corrected chi connectivity index (χ2v) is 4.17. The van der Waals surface area contributed by atoms with E-state index in [-0.39, 0.29) is 11.8 Å². The number of carboxylic acids is 1. The molecule has 1 aliphatic rings. The van der Waals surface area contributed by atoms with Gasteiger partial charge in [0.15, 0.2) is 0 Å². The maximum Gasteiger partial charge on any atom is 0.308 e. The summed E-state index contributed by atoms with van der Waals surface area (Å²) in [6.07, 6.45) is 0. The van der Waals surface area contributed by atoms with Gasteiger partial charge in [0.2, 0.25) is 0 Å². The van der Waals surface area contributed by atoms with Crippen LogP contribution in [0.3, 0.4) is 0 Å². The molecular weight excluding hydrogens is 190 g/mol. The monoisotopic (exact) mass is 203 g/mol. The van der Waals surface area contributed by atoms with Crippen molar-refractivity contribution in [3.63, 3.8) is 0 Å². The number of carboxylic acid groups (broad SMARTS) is 1. The number of likely N-dealkylation sites (tertiary alicyclic amines) is 1. The summed E-state index contributed by atoms with van der Waals surface area (Å²) in [5.41, 5.74) is 0. The molecule has 0 saturated carbocycles. The van der Waals surface area contributed by atoms with Crippen LogP contribution in [0.25, 0.3) is 0 Å². The van der Waals surface area contributed by atoms with Crippen LogP contribution in [0.5, 0.6) is 0 Å². The largest absolute Gasteiger partial charge is 0.481 e. The van der Waals surface area contributed by atoms with E-state index >= 15 is 0 Å². The molecule has 1 aliphatic heterocycles. The summed E-state index contributed by atoms with van der Waals surface area (Å²) < 4.78 is 0. The lowest BCUT2D eigenvalue weighted by Crippen LogP contribution is -2.24. The summed E-state index contributed by atoms with van der Waals surface area (Å²) in [5.74, 6) is -0.764. The highest BCUT2D eigenvalue weighted by Crippen LogP contribution is 2.23. The van der Waals surface area contributed by atoms with Crippen molar-refractivity contribution in [2.45, 2.75) is 6.92 Å². The topological polar surface area (TPSA) is 40.5 Å². The zero-order chi connectivity index (χ0) is 10.0. The van der Waals surface area contributed by atoms with E-state index in [1.165, 1.54) is 0 Å². The van der Waals surface area contributed by atoms with Crippen molar-refractivity contribution in [2.75, 3.05) is 19.6 Å². The van der Waals surface area contributed by atoms with Crippen molar-refractivity contribution in [2.24, 2.45) is 11.8 Å². The van der Waals surface area contributed by atoms with Crippen LogP contribution in [0, 0.1) is 11.8 Å². The molecule has 0 amide bonds. The lowest BCUT2D eigenvalue weighted by atomic mass is 9.99. The van der Waals surface area contributed by atoms with Gasteiger partial charge >= 0.3 is 5.97 Å². The van der Waals surface area contributed by atoms with E-state index in [1.807, 2.05) is 11.8 Å². The van der Waals surface area contributed by atoms with E-state index in [4.69, 9.17) is 16.7 Å². The van der Waals surface area contributed by atoms with E-state index in [0.717, 1.165) is 6.54 Å². The molecule has 1 saturated heterocycles. The lowest BCUT2D eigenvalue weighted by Gasteiger charge is -2.13. The molecule has 0 aliphatic carbocycles. The van der Waals surface area contributed by atoms with Crippen LogP contribution in [-0.2, 0) is 4.79 Å². The van der Waals surface area contributed by atoms with Crippen LogP contribution in [0.2, 0.25) is 0 Å². The Morgan fingerprint density at radius 2 is 2.31 bits per heavy atom. The normalized spacial score (nSPS) is 29.1. The van der Waals surface area contributed by atoms with Crippen LogP contribution in [0.15, 0.2) is 11.6 Å². The Kier molecular flexibility index (Phi) is 3.33. The summed E-state index contributed by atoms with van der Waals surface area (Å²) in [6.45, 7) is 7.52. The van der Waals surface area contributed by atoms with E-state index in [2.05, 4.69) is 6.58 Å². The predicted octanol–water partition coefficient (Wildman–Crippen LogP) is 1.39. The van der Waals surface area contributed by atoms with Crippen molar-refractivity contribution in [1.29, 1.82) is 0 Å². The van der Waals surface area contributed by atoms with Gasteiger partial charge in [-0.1, -0.05) is 25.1 Å². The summed E-state index contributed by atoms with van der Waals surface area (Å²) >= 11 is 5.65. The molecule has 4 heteroatoms. The van der Waals surface area contributed by atoms with Gasteiger partial charge in [0.1, 0.15) is 0 Å². The van der Waals surface area contributed by atoms with E-state index in [9.17, 15) is 4.79 Å². The Bertz CT molecular complexity index is 230. The standard InChI is InChI=1S/C9H14ClNO2/c1-6-3-11(4-7(2)10)5-8(6)9(12)13/h6,8H,2-5H2,1H3,(H,12,13). The number of hydrogen-bond acceptors (Lipinski definition) is 2. The van der Waals surface area contributed by atoms with Crippen molar-refractivity contribution < 1.29 is 9.90 Å². The molecule has 1 heterocycles. The molecule has 0 aromatic heterocycles. The van der Waals surface area contributed by atoms with Crippen molar-refractivity contribution in [3.8, 4) is 0 Å². The van der Waals surface area contributed by atoms with Crippen molar-refractivity contribution in [3.05, 3.63) is 11.6 Å². The van der Waals surface area contributed by atoms with Gasteiger partial charge in [-0.3, -0.25) is 9.69 Å². The first-order valence-corrected chi connectivity index (χ1v) is 4.67. The Labute approximate surface area is 83.0 Å². The fraction of sp³-hybridized carbons (Fsp3) is 0.667. The number of carbonyl (C=O) groups is 1. The predicted molar refractivity (Wildman–Crippen MR) is 51.7 cm³/mol. The molecule has 0 spiro atoms. The smallest absolute Gasteiger partial charge is 0.308 e. The SMILES string of the molecule is C=C(Cl)CN1CC(C)C(C(=O)O)C1. The maximum absolute atomic E-state index is 10.8. The molecule has 0 radical (unpaired) electrons. The minimum atomic E-state index is -0.713. The fourth-order valence-electron chi connectivity index (χ4n) is 1.76. The first-order chi connectivity index (χ1) is 6.00. The average molecular weight is 204 g/mol. The molecule has 2 atom stereocenters. The van der Waals surface area contributed by atoms with Gasteiger partial charge in [-0.05, 0) is 5.92 Å². The van der Waals surface area contributed by atoms with Gasteiger partial charge in [0.25, 0.3) is 0 Å². The Balaban J connectivity index is 2.50. The molecule has 1 N–H and O–H groups in total. The van der Waals surface area contributed by atoms with E-state index in [0.29, 0.717) is 18.1 Å². The molecule has 3 nitrogen and oxygen atoms in total. The summed E-state index contributed by atoms with van der Waals surface area (Å²) in [7, 11) is 0. The number of aliphatic carboxylic acids is 1. The highest BCUT2D eigenvalue weighted by atomic mass is 35.5. The minimum Gasteiger partial charge on any atom is -0.481 e. The van der Waals surface area contributed by atoms with E-state index < -0.39 is 5.97 Å². The third-order valence-electron chi connectivity index (χ3n) is 2.40. The van der Waals surface area contributed by atoms with Crippen molar-refractivity contribution >= 4 is 17.6 Å². The second kappa shape index (κ2) is 4.11. The molecule has 74 valence electrons. The van der Waals surface area contributed by atoms with Gasteiger partial charge in [-0.15, -0.1) is 0 Å². The van der Waals surface area contributed by atoms with Gasteiger partial charge in [0.05, 0.1) is 5.92 Å². The van der Waals surface area contributed by atoms with Crippen molar-refractivity contribution in [1.82, 2.24) is 4.90 Å². The van der Waals surface area contributed by atoms with Crippen LogP contribution in [-0.4, -0.2) is 35.6 Å². The molecule has 1 rings (SSSR count). The quantitative estimate of drug-likeness (QED) is 0.754. The molecule has 2 unspecified atom stereocenters. The van der Waals surface area contributed by atoms with Gasteiger partial charge < -0.3 is 5.11 Å². The maximum atomic E-state index is 10.8. The zero-order valence-corrected chi connectivity index (χ0v) is 8.42. The number of hydrogen-bond donors (Lipinski definition) is 1.